The molecule has 2 heterocycles. The first-order valence-electron chi connectivity index (χ1n) is 4.57. The molecule has 2 unspecified atom stereocenters. The minimum absolute atomic E-state index is 0.184. The van der Waals surface area contributed by atoms with E-state index in [9.17, 15) is 4.79 Å². The van der Waals surface area contributed by atoms with Crippen LogP contribution < -0.4 is 5.32 Å². The molecule has 1 aliphatic heterocycles. The monoisotopic (exact) mass is 212 g/mol. The van der Waals surface area contributed by atoms with Crippen molar-refractivity contribution in [1.29, 1.82) is 0 Å². The second-order valence-electron chi connectivity index (χ2n) is 3.49. The minimum Gasteiger partial charge on any atom is -0.480 e. The second kappa shape index (κ2) is 3.67. The fourth-order valence-corrected chi connectivity index (χ4v) is 2.69. The van der Waals surface area contributed by atoms with Crippen molar-refractivity contribution in [3.63, 3.8) is 0 Å². The Hall–Kier alpha value is -0.940. The Bertz CT molecular complexity index is 350. The third-order valence-electron chi connectivity index (χ3n) is 2.54. The van der Waals surface area contributed by atoms with E-state index in [4.69, 9.17) is 5.11 Å². The van der Waals surface area contributed by atoms with Crippen LogP contribution in [0.2, 0.25) is 0 Å². The summed E-state index contributed by atoms with van der Waals surface area (Å²) in [7, 11) is 0. The van der Waals surface area contributed by atoms with E-state index >= 15 is 0 Å². The first kappa shape index (κ1) is 9.61. The van der Waals surface area contributed by atoms with Gasteiger partial charge in [0.25, 0.3) is 0 Å². The fourth-order valence-electron chi connectivity index (χ4n) is 1.79. The van der Waals surface area contributed by atoms with Gasteiger partial charge in [-0.15, -0.1) is 11.3 Å². The molecule has 0 bridgehead atoms. The van der Waals surface area contributed by atoms with Crippen molar-refractivity contribution in [2.24, 2.45) is 0 Å². The molecule has 2 rings (SSSR count). The molecule has 0 spiro atoms. The van der Waals surface area contributed by atoms with Crippen LogP contribution in [-0.2, 0) is 4.79 Å². The first-order chi connectivity index (χ1) is 6.68. The summed E-state index contributed by atoms with van der Waals surface area (Å²) in [5.74, 6) is -0.755. The molecule has 4 nitrogen and oxygen atoms in total. The van der Waals surface area contributed by atoms with Crippen LogP contribution in [0, 0.1) is 6.92 Å². The molecule has 1 aromatic rings. The van der Waals surface area contributed by atoms with Gasteiger partial charge in [0, 0.05) is 10.9 Å². The Morgan fingerprint density at radius 1 is 1.71 bits per heavy atom. The van der Waals surface area contributed by atoms with Crippen molar-refractivity contribution in [3.8, 4) is 0 Å². The van der Waals surface area contributed by atoms with Crippen LogP contribution in [0.5, 0.6) is 0 Å². The topological polar surface area (TPSA) is 62.2 Å². The van der Waals surface area contributed by atoms with Gasteiger partial charge in [0.2, 0.25) is 0 Å². The first-order valence-corrected chi connectivity index (χ1v) is 5.45. The summed E-state index contributed by atoms with van der Waals surface area (Å²) in [6.45, 7) is 1.96. The maximum atomic E-state index is 10.7. The number of carbonyl (C=O) groups is 1. The molecule has 0 radical (unpaired) electrons. The van der Waals surface area contributed by atoms with Crippen molar-refractivity contribution < 1.29 is 9.90 Å². The van der Waals surface area contributed by atoms with E-state index < -0.39 is 5.97 Å². The lowest BCUT2D eigenvalue weighted by molar-refractivity contribution is -0.139. The van der Waals surface area contributed by atoms with Crippen LogP contribution in [0.1, 0.15) is 29.5 Å². The van der Waals surface area contributed by atoms with Crippen LogP contribution in [0.4, 0.5) is 0 Å². The molecule has 0 aliphatic carbocycles. The number of aryl methyl sites for hydroxylation is 1. The van der Waals surface area contributed by atoms with E-state index in [1.807, 2.05) is 6.92 Å². The Morgan fingerprint density at radius 2 is 2.50 bits per heavy atom. The van der Waals surface area contributed by atoms with Crippen LogP contribution in [0.15, 0.2) is 5.51 Å². The average Bonchev–Trinajstić information content (AvgIpc) is 2.71. The summed E-state index contributed by atoms with van der Waals surface area (Å²) >= 11 is 1.59. The van der Waals surface area contributed by atoms with E-state index in [0.29, 0.717) is 6.42 Å². The van der Waals surface area contributed by atoms with E-state index in [1.165, 1.54) is 4.88 Å². The van der Waals surface area contributed by atoms with Crippen molar-refractivity contribution in [2.45, 2.75) is 31.8 Å². The predicted octanol–water partition coefficient (Wildman–Crippen LogP) is 1.33. The van der Waals surface area contributed by atoms with Crippen LogP contribution >= 0.6 is 11.3 Å². The van der Waals surface area contributed by atoms with Gasteiger partial charge in [-0.05, 0) is 19.8 Å². The summed E-state index contributed by atoms with van der Waals surface area (Å²) in [6, 6.07) is -0.204. The van der Waals surface area contributed by atoms with Crippen molar-refractivity contribution in [2.75, 3.05) is 0 Å². The molecule has 0 amide bonds. The Kier molecular flexibility index (Phi) is 2.52. The summed E-state index contributed by atoms with van der Waals surface area (Å²) in [5, 5.41) is 11.9. The zero-order valence-corrected chi connectivity index (χ0v) is 8.67. The number of nitrogens with zero attached hydrogens (tertiary/aromatic N) is 1. The highest BCUT2D eigenvalue weighted by molar-refractivity contribution is 7.09. The standard InChI is InChI=1S/C9H12N2O2S/c1-5-8(14-4-10-5)6-2-3-7(11-6)9(12)13/h4,6-7,11H,2-3H2,1H3,(H,12,13). The zero-order chi connectivity index (χ0) is 10.1. The van der Waals surface area contributed by atoms with E-state index in [-0.39, 0.29) is 12.1 Å². The highest BCUT2D eigenvalue weighted by atomic mass is 32.1. The van der Waals surface area contributed by atoms with Gasteiger partial charge in [0.05, 0.1) is 11.2 Å². The molecule has 0 saturated carbocycles. The maximum Gasteiger partial charge on any atom is 0.320 e. The van der Waals surface area contributed by atoms with Gasteiger partial charge in [-0.1, -0.05) is 0 Å². The van der Waals surface area contributed by atoms with Gasteiger partial charge < -0.3 is 5.11 Å². The third kappa shape index (κ3) is 1.65. The molecule has 1 saturated heterocycles. The molecule has 2 N–H and O–H groups in total. The number of rotatable bonds is 2. The number of hydrogen-bond acceptors (Lipinski definition) is 4. The fraction of sp³-hybridized carbons (Fsp3) is 0.556. The van der Waals surface area contributed by atoms with Crippen LogP contribution in [0.3, 0.4) is 0 Å². The lowest BCUT2D eigenvalue weighted by Crippen LogP contribution is -2.31. The van der Waals surface area contributed by atoms with Gasteiger partial charge in [0.1, 0.15) is 6.04 Å². The van der Waals surface area contributed by atoms with E-state index in [1.54, 1.807) is 16.8 Å². The molecular weight excluding hydrogens is 200 g/mol. The van der Waals surface area contributed by atoms with E-state index in [0.717, 1.165) is 12.1 Å². The maximum absolute atomic E-state index is 10.7. The molecule has 2 atom stereocenters. The number of nitrogens with one attached hydrogen (secondary N) is 1. The molecule has 0 aromatic carbocycles. The lowest BCUT2D eigenvalue weighted by Gasteiger charge is -2.10. The van der Waals surface area contributed by atoms with Crippen LogP contribution in [-0.4, -0.2) is 22.1 Å². The van der Waals surface area contributed by atoms with Gasteiger partial charge in [-0.25, -0.2) is 4.98 Å². The predicted molar refractivity (Wildman–Crippen MR) is 53.4 cm³/mol. The number of aromatic nitrogens is 1. The summed E-state index contributed by atoms with van der Waals surface area (Å²) in [5.41, 5.74) is 2.82. The van der Waals surface area contributed by atoms with Crippen molar-refractivity contribution >= 4 is 17.3 Å². The normalized spacial score (nSPS) is 26.6. The Balaban J connectivity index is 2.10. The molecule has 5 heteroatoms. The molecule has 14 heavy (non-hydrogen) atoms. The quantitative estimate of drug-likeness (QED) is 0.776. The molecule has 1 aliphatic rings. The van der Waals surface area contributed by atoms with Crippen LogP contribution in [0.25, 0.3) is 0 Å². The molecule has 1 fully saturated rings. The smallest absolute Gasteiger partial charge is 0.320 e. The summed E-state index contributed by atoms with van der Waals surface area (Å²) in [4.78, 5) is 16.1. The van der Waals surface area contributed by atoms with Crippen molar-refractivity contribution in [3.05, 3.63) is 16.1 Å². The summed E-state index contributed by atoms with van der Waals surface area (Å²) in [6.07, 6.45) is 1.59. The van der Waals surface area contributed by atoms with Gasteiger partial charge in [-0.2, -0.15) is 0 Å². The largest absolute Gasteiger partial charge is 0.480 e. The van der Waals surface area contributed by atoms with Gasteiger partial charge in [0.15, 0.2) is 0 Å². The number of aliphatic carboxylic acids is 1. The Labute approximate surface area is 86.0 Å². The summed E-state index contributed by atoms with van der Waals surface area (Å²) < 4.78 is 0. The van der Waals surface area contributed by atoms with Gasteiger partial charge >= 0.3 is 5.97 Å². The minimum atomic E-state index is -0.755. The molecule has 76 valence electrons. The third-order valence-corrected chi connectivity index (χ3v) is 3.59. The number of carboxylic acid groups (broad SMARTS) is 1. The second-order valence-corrected chi connectivity index (χ2v) is 4.38. The SMILES string of the molecule is Cc1ncsc1C1CCC(C(=O)O)N1. The molecular formula is C9H12N2O2S. The lowest BCUT2D eigenvalue weighted by atomic mass is 10.1. The Morgan fingerprint density at radius 3 is 3.00 bits per heavy atom. The highest BCUT2D eigenvalue weighted by Crippen LogP contribution is 2.30. The number of thiazole rings is 1. The van der Waals surface area contributed by atoms with Crippen molar-refractivity contribution in [1.82, 2.24) is 10.3 Å². The highest BCUT2D eigenvalue weighted by Gasteiger charge is 2.31. The molecule has 1 aromatic heterocycles. The van der Waals surface area contributed by atoms with E-state index in [2.05, 4.69) is 10.3 Å². The van der Waals surface area contributed by atoms with Gasteiger partial charge in [-0.3, -0.25) is 10.1 Å². The average molecular weight is 212 g/mol. The number of carboxylic acids is 1. The number of hydrogen-bond donors (Lipinski definition) is 2. The zero-order valence-electron chi connectivity index (χ0n) is 7.86.